The molecular weight excluding hydrogens is 384 g/mol. The predicted octanol–water partition coefficient (Wildman–Crippen LogP) is 0.827. The predicted molar refractivity (Wildman–Crippen MR) is 99.4 cm³/mol. The van der Waals surface area contributed by atoms with Crippen LogP contribution in [0.2, 0.25) is 0 Å². The van der Waals surface area contributed by atoms with Crippen LogP contribution in [0.5, 0.6) is 11.5 Å². The molecule has 0 fully saturated rings. The molecule has 4 aromatic rings. The summed E-state index contributed by atoms with van der Waals surface area (Å²) in [5, 5.41) is 10.1. The molecule has 2 aromatic heterocycles. The van der Waals surface area contributed by atoms with Gasteiger partial charge in [0.2, 0.25) is 16.8 Å². The first-order valence-corrected chi connectivity index (χ1v) is 9.78. The number of benzene rings is 2. The fourth-order valence-electron chi connectivity index (χ4n) is 3.28. The molecular formula is C17H14N6O4S. The van der Waals surface area contributed by atoms with E-state index in [-0.39, 0.29) is 17.4 Å². The van der Waals surface area contributed by atoms with E-state index in [0.29, 0.717) is 40.3 Å². The third kappa shape index (κ3) is 2.52. The maximum absolute atomic E-state index is 11.8. The average molecular weight is 398 g/mol. The molecule has 0 amide bonds. The number of nitrogen functional groups attached to an aromatic ring is 1. The lowest BCUT2D eigenvalue weighted by Crippen LogP contribution is -2.15. The minimum absolute atomic E-state index is 0.0163. The quantitative estimate of drug-likeness (QED) is 0.482. The fourth-order valence-corrected chi connectivity index (χ4v) is 3.94. The molecule has 5 rings (SSSR count). The summed E-state index contributed by atoms with van der Waals surface area (Å²) in [6, 6.07) is 8.51. The maximum atomic E-state index is 11.8. The molecule has 1 aliphatic heterocycles. The van der Waals surface area contributed by atoms with Crippen molar-refractivity contribution in [1.82, 2.24) is 19.6 Å². The molecule has 142 valence electrons. The molecule has 0 saturated heterocycles. The van der Waals surface area contributed by atoms with Gasteiger partial charge >= 0.3 is 0 Å². The van der Waals surface area contributed by atoms with Crippen LogP contribution in [0, 0.1) is 0 Å². The lowest BCUT2D eigenvalue weighted by atomic mass is 10.1. The molecule has 0 radical (unpaired) electrons. The molecule has 0 spiro atoms. The maximum Gasteiger partial charge on any atom is 0.240 e. The van der Waals surface area contributed by atoms with Crippen LogP contribution >= 0.6 is 0 Å². The van der Waals surface area contributed by atoms with E-state index in [4.69, 9.17) is 20.3 Å². The van der Waals surface area contributed by atoms with Gasteiger partial charge in [-0.15, -0.1) is 0 Å². The van der Waals surface area contributed by atoms with Crippen LogP contribution in [0.1, 0.15) is 11.4 Å². The van der Waals surface area contributed by atoms with E-state index in [1.54, 1.807) is 10.6 Å². The van der Waals surface area contributed by atoms with E-state index in [9.17, 15) is 8.42 Å². The molecule has 2 aromatic carbocycles. The van der Waals surface area contributed by atoms with Gasteiger partial charge in [-0.3, -0.25) is 0 Å². The Kier molecular flexibility index (Phi) is 3.45. The van der Waals surface area contributed by atoms with Gasteiger partial charge in [0, 0.05) is 11.8 Å². The van der Waals surface area contributed by atoms with Crippen LogP contribution in [0.3, 0.4) is 0 Å². The highest BCUT2D eigenvalue weighted by Crippen LogP contribution is 2.33. The fraction of sp³-hybridized carbons (Fsp3) is 0.118. The van der Waals surface area contributed by atoms with Crippen LogP contribution in [0.15, 0.2) is 41.6 Å². The van der Waals surface area contributed by atoms with Gasteiger partial charge in [-0.25, -0.2) is 23.5 Å². The van der Waals surface area contributed by atoms with E-state index in [1.807, 2.05) is 18.2 Å². The zero-order chi connectivity index (χ0) is 19.5. The molecule has 1 aliphatic rings. The number of nitrogens with zero attached hydrogens (tertiary/aromatic N) is 4. The van der Waals surface area contributed by atoms with E-state index in [0.717, 1.165) is 5.56 Å². The molecule has 0 atom stereocenters. The van der Waals surface area contributed by atoms with Crippen molar-refractivity contribution in [3.8, 4) is 11.5 Å². The zero-order valence-corrected chi connectivity index (χ0v) is 15.2. The summed E-state index contributed by atoms with van der Waals surface area (Å²) in [7, 11) is -3.98. The summed E-state index contributed by atoms with van der Waals surface area (Å²) in [4.78, 5) is 8.68. The van der Waals surface area contributed by atoms with Crippen LogP contribution < -0.4 is 20.3 Å². The number of ether oxygens (including phenoxy) is 2. The van der Waals surface area contributed by atoms with Crippen molar-refractivity contribution in [1.29, 1.82) is 0 Å². The number of hydrogen-bond acceptors (Lipinski definition) is 8. The van der Waals surface area contributed by atoms with Crippen LogP contribution in [-0.2, 0) is 16.4 Å². The molecule has 0 saturated carbocycles. The van der Waals surface area contributed by atoms with Gasteiger partial charge in [-0.1, -0.05) is 6.07 Å². The lowest BCUT2D eigenvalue weighted by Gasteiger charge is -2.11. The summed E-state index contributed by atoms with van der Waals surface area (Å²) >= 11 is 0. The Labute approximate surface area is 158 Å². The van der Waals surface area contributed by atoms with Crippen LogP contribution in [-0.4, -0.2) is 34.8 Å². The lowest BCUT2D eigenvalue weighted by molar-refractivity contribution is 0.174. The topological polar surface area (TPSA) is 148 Å². The van der Waals surface area contributed by atoms with Crippen molar-refractivity contribution in [2.45, 2.75) is 11.3 Å². The van der Waals surface area contributed by atoms with E-state index < -0.39 is 10.0 Å². The van der Waals surface area contributed by atoms with Crippen molar-refractivity contribution < 1.29 is 17.9 Å². The van der Waals surface area contributed by atoms with Gasteiger partial charge < -0.3 is 15.2 Å². The van der Waals surface area contributed by atoms with Gasteiger partial charge in [0.25, 0.3) is 0 Å². The summed E-state index contributed by atoms with van der Waals surface area (Å²) in [6.07, 6.45) is 1.80. The normalized spacial score (nSPS) is 13.5. The first kappa shape index (κ1) is 16.7. The second-order valence-corrected chi connectivity index (χ2v) is 7.84. The zero-order valence-electron chi connectivity index (χ0n) is 14.4. The van der Waals surface area contributed by atoms with Gasteiger partial charge in [0.05, 0.1) is 5.69 Å². The summed E-state index contributed by atoms with van der Waals surface area (Å²) < 4.78 is 36.0. The molecule has 28 heavy (non-hydrogen) atoms. The number of aromatic nitrogens is 4. The third-order valence-electron chi connectivity index (χ3n) is 4.56. The van der Waals surface area contributed by atoms with Crippen molar-refractivity contribution in [2.24, 2.45) is 5.14 Å². The first-order chi connectivity index (χ1) is 13.4. The second kappa shape index (κ2) is 5.78. The van der Waals surface area contributed by atoms with E-state index in [1.165, 1.54) is 12.4 Å². The summed E-state index contributed by atoms with van der Waals surface area (Å²) in [5.41, 5.74) is 7.81. The molecule has 0 bridgehead atoms. The SMILES string of the molecule is Nc1c(S(N)(=O)=O)ccc2c1nc(Cc1ccc3c(c1)OCO3)n1ncnc21. The number of fused-ring (bicyclic) bond motifs is 4. The number of nitrogens with two attached hydrogens (primary N) is 2. The summed E-state index contributed by atoms with van der Waals surface area (Å²) in [6.45, 7) is 0.188. The molecule has 0 aliphatic carbocycles. The Morgan fingerprint density at radius 1 is 1.14 bits per heavy atom. The molecule has 3 heterocycles. The Morgan fingerprint density at radius 3 is 2.79 bits per heavy atom. The Morgan fingerprint density at radius 2 is 1.96 bits per heavy atom. The Balaban J connectivity index is 1.71. The van der Waals surface area contributed by atoms with Crippen molar-refractivity contribution in [3.63, 3.8) is 0 Å². The number of anilines is 1. The van der Waals surface area contributed by atoms with Crippen molar-refractivity contribution >= 4 is 32.3 Å². The van der Waals surface area contributed by atoms with Gasteiger partial charge in [0.15, 0.2) is 17.1 Å². The smallest absolute Gasteiger partial charge is 0.240 e. The minimum atomic E-state index is -3.98. The molecule has 11 heteroatoms. The standard InChI is InChI=1S/C17H14N6O4S/c18-15-13(28(19,24)25)4-2-10-16(15)22-14(23-17(10)20-7-21-23)6-9-1-3-11-12(5-9)27-8-26-11/h1-5,7H,6,8,18H2,(H2,19,24,25). The van der Waals surface area contributed by atoms with Crippen molar-refractivity contribution in [2.75, 3.05) is 12.5 Å². The van der Waals surface area contributed by atoms with E-state index in [2.05, 4.69) is 15.1 Å². The van der Waals surface area contributed by atoms with Crippen molar-refractivity contribution in [3.05, 3.63) is 48.0 Å². The monoisotopic (exact) mass is 398 g/mol. The largest absolute Gasteiger partial charge is 0.454 e. The van der Waals surface area contributed by atoms with E-state index >= 15 is 0 Å². The highest BCUT2D eigenvalue weighted by molar-refractivity contribution is 7.89. The minimum Gasteiger partial charge on any atom is -0.454 e. The molecule has 0 unspecified atom stereocenters. The Bertz CT molecular complexity index is 1370. The number of hydrogen-bond donors (Lipinski definition) is 2. The van der Waals surface area contributed by atoms with Crippen LogP contribution in [0.4, 0.5) is 5.69 Å². The van der Waals surface area contributed by atoms with Gasteiger partial charge in [-0.05, 0) is 29.8 Å². The first-order valence-electron chi connectivity index (χ1n) is 8.24. The highest BCUT2D eigenvalue weighted by Gasteiger charge is 2.20. The average Bonchev–Trinajstić information content (AvgIpc) is 3.30. The molecule has 4 N–H and O–H groups in total. The number of rotatable bonds is 3. The number of sulfonamides is 1. The molecule has 10 nitrogen and oxygen atoms in total. The third-order valence-corrected chi connectivity index (χ3v) is 5.53. The second-order valence-electron chi connectivity index (χ2n) is 6.31. The Hall–Kier alpha value is -3.44. The van der Waals surface area contributed by atoms with Crippen LogP contribution in [0.25, 0.3) is 16.6 Å². The highest BCUT2D eigenvalue weighted by atomic mass is 32.2. The van der Waals surface area contributed by atoms with Gasteiger partial charge in [-0.2, -0.15) is 9.61 Å². The number of primary sulfonamides is 1. The summed E-state index contributed by atoms with van der Waals surface area (Å²) in [5.74, 6) is 1.88. The van der Waals surface area contributed by atoms with Gasteiger partial charge in [0.1, 0.15) is 22.6 Å².